The fourth-order valence-electron chi connectivity index (χ4n) is 4.76. The second-order valence-electron chi connectivity index (χ2n) is 7.80. The van der Waals surface area contributed by atoms with Gasteiger partial charge in [0.25, 0.3) is 11.8 Å². The summed E-state index contributed by atoms with van der Waals surface area (Å²) in [6.45, 7) is 1.51. The summed E-state index contributed by atoms with van der Waals surface area (Å²) in [4.78, 5) is 28.6. The quantitative estimate of drug-likeness (QED) is 0.836. The Labute approximate surface area is 157 Å². The molecule has 1 spiro atoms. The number of piperidine rings is 1. The fourth-order valence-corrected chi connectivity index (χ4v) is 4.76. The van der Waals surface area contributed by atoms with E-state index in [1.54, 1.807) is 30.1 Å². The third kappa shape index (κ3) is 2.44. The molecule has 0 saturated carbocycles. The van der Waals surface area contributed by atoms with Crippen LogP contribution in [0.25, 0.3) is 0 Å². The van der Waals surface area contributed by atoms with Crippen LogP contribution in [0.2, 0.25) is 0 Å². The number of ether oxygens (including phenoxy) is 1. The predicted molar refractivity (Wildman–Crippen MR) is 99.1 cm³/mol. The van der Waals surface area contributed by atoms with Crippen LogP contribution in [0.5, 0.6) is 5.75 Å². The van der Waals surface area contributed by atoms with Gasteiger partial charge in [-0.25, -0.2) is 0 Å². The summed E-state index contributed by atoms with van der Waals surface area (Å²) in [6, 6.07) is 5.35. The van der Waals surface area contributed by atoms with E-state index in [0.29, 0.717) is 23.5 Å². The summed E-state index contributed by atoms with van der Waals surface area (Å²) in [5.41, 5.74) is 3.75. The molecule has 1 unspecified atom stereocenters. The maximum Gasteiger partial charge on any atom is 0.264 e. The lowest BCUT2D eigenvalue weighted by Crippen LogP contribution is -2.48. The highest BCUT2D eigenvalue weighted by Crippen LogP contribution is 2.44. The van der Waals surface area contributed by atoms with Gasteiger partial charge in [-0.3, -0.25) is 14.7 Å². The summed E-state index contributed by atoms with van der Waals surface area (Å²) in [7, 11) is 1.71. The van der Waals surface area contributed by atoms with Gasteiger partial charge in [0.05, 0.1) is 11.9 Å². The molecule has 2 aromatic rings. The number of aromatic amines is 1. The molecule has 7 heteroatoms. The van der Waals surface area contributed by atoms with Gasteiger partial charge in [-0.1, -0.05) is 0 Å². The molecule has 1 aromatic heterocycles. The Bertz CT molecular complexity index is 937. The molecule has 2 amide bonds. The first-order valence-electron chi connectivity index (χ1n) is 9.43. The molecule has 1 aromatic carbocycles. The molecular weight excluding hydrogens is 344 g/mol. The molecular formula is C20H22N4O3. The van der Waals surface area contributed by atoms with Gasteiger partial charge in [0.15, 0.2) is 6.61 Å². The molecule has 5 rings (SSSR count). The monoisotopic (exact) mass is 366 g/mol. The number of fused-ring (bicyclic) bond motifs is 3. The number of benzene rings is 1. The smallest absolute Gasteiger partial charge is 0.264 e. The van der Waals surface area contributed by atoms with Crippen molar-refractivity contribution in [2.24, 2.45) is 0 Å². The Morgan fingerprint density at radius 1 is 1.33 bits per heavy atom. The van der Waals surface area contributed by atoms with Gasteiger partial charge < -0.3 is 14.5 Å². The van der Waals surface area contributed by atoms with Crippen molar-refractivity contribution in [3.8, 4) is 5.75 Å². The lowest BCUT2D eigenvalue weighted by Gasteiger charge is -2.40. The van der Waals surface area contributed by atoms with E-state index in [0.717, 1.165) is 32.2 Å². The molecule has 3 aliphatic rings. The maximum absolute atomic E-state index is 13.2. The normalized spacial score (nSPS) is 24.0. The van der Waals surface area contributed by atoms with Gasteiger partial charge in [0, 0.05) is 36.8 Å². The molecule has 0 bridgehead atoms. The number of nitrogens with one attached hydrogen (secondary N) is 1. The van der Waals surface area contributed by atoms with Crippen LogP contribution >= 0.6 is 0 Å². The predicted octanol–water partition coefficient (Wildman–Crippen LogP) is 1.89. The van der Waals surface area contributed by atoms with E-state index in [2.05, 4.69) is 10.2 Å². The van der Waals surface area contributed by atoms with Crippen molar-refractivity contribution in [3.05, 3.63) is 41.2 Å². The summed E-state index contributed by atoms with van der Waals surface area (Å²) in [5.74, 6) is 0.541. The van der Waals surface area contributed by atoms with E-state index in [9.17, 15) is 9.59 Å². The van der Waals surface area contributed by atoms with Gasteiger partial charge >= 0.3 is 0 Å². The highest BCUT2D eigenvalue weighted by atomic mass is 16.5. The molecule has 1 aliphatic carbocycles. The number of hydrogen-bond donors (Lipinski definition) is 1. The van der Waals surface area contributed by atoms with E-state index in [1.165, 1.54) is 11.3 Å². The Hall–Kier alpha value is -2.83. The van der Waals surface area contributed by atoms with Gasteiger partial charge in [-0.15, -0.1) is 0 Å². The minimum atomic E-state index is -0.109. The number of H-pyrrole nitrogens is 1. The zero-order valence-corrected chi connectivity index (χ0v) is 15.3. The average molecular weight is 366 g/mol. The number of rotatable bonds is 1. The van der Waals surface area contributed by atoms with E-state index < -0.39 is 0 Å². The summed E-state index contributed by atoms with van der Waals surface area (Å²) < 4.78 is 5.47. The molecule has 1 saturated heterocycles. The van der Waals surface area contributed by atoms with Crippen molar-refractivity contribution in [1.82, 2.24) is 15.1 Å². The second kappa shape index (κ2) is 5.84. The zero-order valence-electron chi connectivity index (χ0n) is 15.3. The number of aryl methyl sites for hydroxylation is 1. The van der Waals surface area contributed by atoms with Gasteiger partial charge in [0.2, 0.25) is 0 Å². The van der Waals surface area contributed by atoms with Crippen molar-refractivity contribution in [1.29, 1.82) is 0 Å². The summed E-state index contributed by atoms with van der Waals surface area (Å²) >= 11 is 0. The standard InChI is InChI=1S/C20H22N4O3/c1-23-15-9-13(3-4-16(15)27-11-17(23)25)19(26)24-8-2-6-20(12-24)7-5-14-10-21-22-18(14)20/h3-4,9-10H,2,5-8,11-12H2,1H3,(H,21,22). The number of aromatic nitrogens is 2. The van der Waals surface area contributed by atoms with Crippen LogP contribution in [0.1, 0.15) is 40.9 Å². The first-order chi connectivity index (χ1) is 13.1. The van der Waals surface area contributed by atoms with Crippen molar-refractivity contribution in [2.45, 2.75) is 31.1 Å². The van der Waals surface area contributed by atoms with Crippen molar-refractivity contribution in [2.75, 3.05) is 31.6 Å². The van der Waals surface area contributed by atoms with Crippen molar-refractivity contribution < 1.29 is 14.3 Å². The number of anilines is 1. The molecule has 1 N–H and O–H groups in total. The zero-order chi connectivity index (χ0) is 18.6. The van der Waals surface area contributed by atoms with Crippen LogP contribution in [0.3, 0.4) is 0 Å². The second-order valence-corrected chi connectivity index (χ2v) is 7.80. The first kappa shape index (κ1) is 16.4. The van der Waals surface area contributed by atoms with Crippen LogP contribution in [-0.4, -0.2) is 53.7 Å². The van der Waals surface area contributed by atoms with Crippen molar-refractivity contribution >= 4 is 17.5 Å². The molecule has 140 valence electrons. The molecule has 3 heterocycles. The van der Waals surface area contributed by atoms with Gasteiger partial charge in [0.1, 0.15) is 5.75 Å². The molecule has 0 radical (unpaired) electrons. The van der Waals surface area contributed by atoms with Crippen LogP contribution < -0.4 is 9.64 Å². The minimum Gasteiger partial charge on any atom is -0.482 e. The van der Waals surface area contributed by atoms with E-state index in [1.807, 2.05) is 11.1 Å². The Kier molecular flexibility index (Phi) is 3.54. The van der Waals surface area contributed by atoms with Gasteiger partial charge in [-0.05, 0) is 49.4 Å². The van der Waals surface area contributed by atoms with E-state index >= 15 is 0 Å². The average Bonchev–Trinajstić information content (AvgIpc) is 3.29. The SMILES string of the molecule is CN1C(=O)COc2ccc(C(=O)N3CCCC4(CCc5cn[nH]c54)C3)cc21. The minimum absolute atomic E-state index is 0.00379. The number of hydrogen-bond acceptors (Lipinski definition) is 4. The van der Waals surface area contributed by atoms with Crippen molar-refractivity contribution in [3.63, 3.8) is 0 Å². The number of likely N-dealkylation sites (tertiary alicyclic amines) is 1. The maximum atomic E-state index is 13.2. The highest BCUT2D eigenvalue weighted by molar-refractivity contribution is 6.01. The topological polar surface area (TPSA) is 78.5 Å². The van der Waals surface area contributed by atoms with Crippen LogP contribution in [0.15, 0.2) is 24.4 Å². The van der Waals surface area contributed by atoms with Crippen LogP contribution in [-0.2, 0) is 16.6 Å². The molecule has 7 nitrogen and oxygen atoms in total. The molecule has 27 heavy (non-hydrogen) atoms. The van der Waals surface area contributed by atoms with Crippen LogP contribution in [0, 0.1) is 0 Å². The highest BCUT2D eigenvalue weighted by Gasteiger charge is 2.44. The summed E-state index contributed by atoms with van der Waals surface area (Å²) in [6.07, 6.45) is 6.08. The number of carbonyl (C=O) groups excluding carboxylic acids is 2. The van der Waals surface area contributed by atoms with Gasteiger partial charge in [-0.2, -0.15) is 5.10 Å². The van der Waals surface area contributed by atoms with E-state index in [-0.39, 0.29) is 23.8 Å². The number of likely N-dealkylation sites (N-methyl/N-ethyl adjacent to an activating group) is 1. The fraction of sp³-hybridized carbons (Fsp3) is 0.450. The third-order valence-electron chi connectivity index (χ3n) is 6.28. The molecule has 2 aliphatic heterocycles. The Balaban J connectivity index is 1.43. The molecule has 1 fully saturated rings. The lowest BCUT2D eigenvalue weighted by atomic mass is 9.77. The Morgan fingerprint density at radius 2 is 2.22 bits per heavy atom. The number of carbonyl (C=O) groups is 2. The number of nitrogens with zero attached hydrogens (tertiary/aromatic N) is 3. The lowest BCUT2D eigenvalue weighted by molar-refractivity contribution is -0.120. The van der Waals surface area contributed by atoms with Crippen LogP contribution in [0.4, 0.5) is 5.69 Å². The molecule has 1 atom stereocenters. The third-order valence-corrected chi connectivity index (χ3v) is 6.28. The largest absolute Gasteiger partial charge is 0.482 e. The first-order valence-corrected chi connectivity index (χ1v) is 9.43. The van der Waals surface area contributed by atoms with E-state index in [4.69, 9.17) is 4.74 Å². The summed E-state index contributed by atoms with van der Waals surface area (Å²) in [5, 5.41) is 7.39. The number of amides is 2. The Morgan fingerprint density at radius 3 is 3.11 bits per heavy atom.